The molecule has 3 rings (SSSR count). The normalized spacial score (nSPS) is 18.5. The molecule has 9 heteroatoms. The Bertz CT molecular complexity index is 923. The Labute approximate surface area is 190 Å². The predicted molar refractivity (Wildman–Crippen MR) is 120 cm³/mol. The first-order chi connectivity index (χ1) is 15.3. The Morgan fingerprint density at radius 2 is 1.75 bits per heavy atom. The molecule has 0 saturated carbocycles. The van der Waals surface area contributed by atoms with Crippen LogP contribution in [0.1, 0.15) is 62.2 Å². The lowest BCUT2D eigenvalue weighted by atomic mass is 9.94. The van der Waals surface area contributed by atoms with E-state index in [0.717, 1.165) is 50.8 Å². The van der Waals surface area contributed by atoms with E-state index in [1.807, 2.05) is 7.05 Å². The zero-order valence-electron chi connectivity index (χ0n) is 19.1. The van der Waals surface area contributed by atoms with E-state index in [1.54, 1.807) is 9.80 Å². The van der Waals surface area contributed by atoms with Crippen LogP contribution >= 0.6 is 0 Å². The van der Waals surface area contributed by atoms with E-state index in [4.69, 9.17) is 0 Å². The first-order valence-corrected chi connectivity index (χ1v) is 13.0. The zero-order chi connectivity index (χ0) is 23.3. The van der Waals surface area contributed by atoms with Gasteiger partial charge in [-0.1, -0.05) is 19.8 Å². The average molecular weight is 468 g/mol. The average Bonchev–Trinajstić information content (AvgIpc) is 2.82. The number of unbranched alkanes of at least 4 members (excludes halogenated alkanes) is 1. The first-order valence-electron chi connectivity index (χ1n) is 11.6. The van der Waals surface area contributed by atoms with Gasteiger partial charge in [-0.2, -0.15) is 4.31 Å². The standard InChI is InChI=1S/C23H34FN3O4S/c1-3-4-12-25(2)22(28)18-10-15-26(16-11-18)23(29)19-8-9-20(24)21(17-19)32(30,31)27-13-6-5-7-14-27/h8-9,17-18H,3-7,10-16H2,1-2H3. The summed E-state index contributed by atoms with van der Waals surface area (Å²) in [4.78, 5) is 28.6. The molecule has 2 aliphatic heterocycles. The minimum atomic E-state index is -3.98. The minimum absolute atomic E-state index is 0.107. The van der Waals surface area contributed by atoms with Gasteiger partial charge in [0.1, 0.15) is 10.7 Å². The molecule has 178 valence electrons. The molecule has 0 radical (unpaired) electrons. The molecule has 32 heavy (non-hydrogen) atoms. The Hall–Kier alpha value is -2.00. The van der Waals surface area contributed by atoms with Crippen molar-refractivity contribution in [2.75, 3.05) is 39.8 Å². The van der Waals surface area contributed by atoms with Crippen molar-refractivity contribution in [3.63, 3.8) is 0 Å². The van der Waals surface area contributed by atoms with E-state index in [9.17, 15) is 22.4 Å². The van der Waals surface area contributed by atoms with E-state index >= 15 is 0 Å². The number of hydrogen-bond donors (Lipinski definition) is 0. The van der Waals surface area contributed by atoms with Crippen LogP contribution < -0.4 is 0 Å². The third-order valence-corrected chi connectivity index (χ3v) is 8.38. The number of piperidine rings is 2. The van der Waals surface area contributed by atoms with Crippen molar-refractivity contribution < 1.29 is 22.4 Å². The maximum Gasteiger partial charge on any atom is 0.253 e. The summed E-state index contributed by atoms with van der Waals surface area (Å²) in [7, 11) is -2.16. The number of benzene rings is 1. The summed E-state index contributed by atoms with van der Waals surface area (Å²) in [6, 6.07) is 3.56. The number of carbonyl (C=O) groups excluding carboxylic acids is 2. The van der Waals surface area contributed by atoms with Crippen LogP contribution in [0.4, 0.5) is 4.39 Å². The van der Waals surface area contributed by atoms with Crippen LogP contribution in [0.25, 0.3) is 0 Å². The van der Waals surface area contributed by atoms with Gasteiger partial charge in [0, 0.05) is 51.3 Å². The topological polar surface area (TPSA) is 78.0 Å². The number of amides is 2. The fraction of sp³-hybridized carbons (Fsp3) is 0.652. The quantitative estimate of drug-likeness (QED) is 0.617. The van der Waals surface area contributed by atoms with Gasteiger partial charge in [-0.3, -0.25) is 9.59 Å². The van der Waals surface area contributed by atoms with E-state index < -0.39 is 20.7 Å². The lowest BCUT2D eigenvalue weighted by molar-refractivity contribution is -0.135. The molecule has 7 nitrogen and oxygen atoms in total. The van der Waals surface area contributed by atoms with Crippen molar-refractivity contribution >= 4 is 21.8 Å². The van der Waals surface area contributed by atoms with Gasteiger partial charge in [-0.05, 0) is 50.3 Å². The molecular weight excluding hydrogens is 433 g/mol. The van der Waals surface area contributed by atoms with Gasteiger partial charge >= 0.3 is 0 Å². The summed E-state index contributed by atoms with van der Waals surface area (Å²) in [6.45, 7) is 4.40. The number of hydrogen-bond acceptors (Lipinski definition) is 4. The highest BCUT2D eigenvalue weighted by molar-refractivity contribution is 7.89. The number of carbonyl (C=O) groups is 2. The van der Waals surface area contributed by atoms with E-state index in [2.05, 4.69) is 6.92 Å². The van der Waals surface area contributed by atoms with E-state index in [1.165, 1.54) is 10.4 Å². The van der Waals surface area contributed by atoms with Crippen LogP contribution in [0.15, 0.2) is 23.1 Å². The lowest BCUT2D eigenvalue weighted by Gasteiger charge is -2.33. The fourth-order valence-electron chi connectivity index (χ4n) is 4.41. The molecule has 2 amide bonds. The van der Waals surface area contributed by atoms with Gasteiger partial charge in [-0.15, -0.1) is 0 Å². The van der Waals surface area contributed by atoms with Crippen LogP contribution in [0, 0.1) is 11.7 Å². The van der Waals surface area contributed by atoms with Crippen molar-refractivity contribution in [1.82, 2.24) is 14.1 Å². The molecule has 0 N–H and O–H groups in total. The first kappa shape index (κ1) is 24.6. The maximum absolute atomic E-state index is 14.5. The van der Waals surface area contributed by atoms with Crippen molar-refractivity contribution in [1.29, 1.82) is 0 Å². The van der Waals surface area contributed by atoms with Gasteiger partial charge in [-0.25, -0.2) is 12.8 Å². The molecule has 2 saturated heterocycles. The fourth-order valence-corrected chi connectivity index (χ4v) is 6.02. The van der Waals surface area contributed by atoms with Gasteiger partial charge in [0.2, 0.25) is 15.9 Å². The minimum Gasteiger partial charge on any atom is -0.346 e. The lowest BCUT2D eigenvalue weighted by Crippen LogP contribution is -2.43. The summed E-state index contributed by atoms with van der Waals surface area (Å²) in [5.41, 5.74) is 0.159. The van der Waals surface area contributed by atoms with Gasteiger partial charge in [0.05, 0.1) is 0 Å². The molecule has 2 fully saturated rings. The number of likely N-dealkylation sites (tertiary alicyclic amines) is 1. The van der Waals surface area contributed by atoms with E-state index in [-0.39, 0.29) is 23.3 Å². The summed E-state index contributed by atoms with van der Waals surface area (Å²) in [6.07, 6.45) is 5.59. The van der Waals surface area contributed by atoms with Crippen molar-refractivity contribution in [2.45, 2.75) is 56.8 Å². The molecule has 2 aliphatic rings. The number of nitrogens with zero attached hydrogens (tertiary/aromatic N) is 3. The summed E-state index contributed by atoms with van der Waals surface area (Å²) in [5, 5.41) is 0. The summed E-state index contributed by atoms with van der Waals surface area (Å²) < 4.78 is 41.6. The molecule has 0 atom stereocenters. The molecule has 1 aromatic rings. The molecule has 1 aromatic carbocycles. The van der Waals surface area contributed by atoms with Gasteiger partial charge < -0.3 is 9.80 Å². The highest BCUT2D eigenvalue weighted by atomic mass is 32.2. The van der Waals surface area contributed by atoms with Crippen LogP contribution in [0.3, 0.4) is 0 Å². The van der Waals surface area contributed by atoms with Crippen LogP contribution in [0.5, 0.6) is 0 Å². The predicted octanol–water partition coefficient (Wildman–Crippen LogP) is 3.11. The largest absolute Gasteiger partial charge is 0.346 e. The Kier molecular flexibility index (Phi) is 8.27. The maximum atomic E-state index is 14.5. The van der Waals surface area contributed by atoms with Crippen molar-refractivity contribution in [3.05, 3.63) is 29.6 Å². The van der Waals surface area contributed by atoms with Crippen LogP contribution in [-0.2, 0) is 14.8 Å². The molecule has 2 heterocycles. The molecule has 0 spiro atoms. The molecule has 0 unspecified atom stereocenters. The third kappa shape index (κ3) is 5.49. The summed E-state index contributed by atoms with van der Waals surface area (Å²) in [5.74, 6) is -1.16. The number of halogens is 1. The Morgan fingerprint density at radius 3 is 2.38 bits per heavy atom. The monoisotopic (exact) mass is 467 g/mol. The zero-order valence-corrected chi connectivity index (χ0v) is 19.9. The molecule has 0 aromatic heterocycles. The Balaban J connectivity index is 1.67. The third-order valence-electron chi connectivity index (χ3n) is 6.47. The van der Waals surface area contributed by atoms with E-state index in [0.29, 0.717) is 39.0 Å². The highest BCUT2D eigenvalue weighted by Gasteiger charge is 2.32. The second-order valence-corrected chi connectivity index (χ2v) is 10.7. The smallest absolute Gasteiger partial charge is 0.253 e. The van der Waals surface area contributed by atoms with Crippen molar-refractivity contribution in [2.24, 2.45) is 5.92 Å². The van der Waals surface area contributed by atoms with Gasteiger partial charge in [0.25, 0.3) is 5.91 Å². The number of rotatable bonds is 7. The summed E-state index contributed by atoms with van der Waals surface area (Å²) >= 11 is 0. The van der Waals surface area contributed by atoms with Crippen LogP contribution in [0.2, 0.25) is 0 Å². The second-order valence-electron chi connectivity index (χ2n) is 8.79. The van der Waals surface area contributed by atoms with Crippen LogP contribution in [-0.4, -0.2) is 74.1 Å². The molecule has 0 aliphatic carbocycles. The number of sulfonamides is 1. The SMILES string of the molecule is CCCCN(C)C(=O)C1CCN(C(=O)c2ccc(F)c(S(=O)(=O)N3CCCCC3)c2)CC1. The molecule has 0 bridgehead atoms. The van der Waals surface area contributed by atoms with Crippen molar-refractivity contribution in [3.8, 4) is 0 Å². The second kappa shape index (κ2) is 10.7. The molecular formula is C23H34FN3O4S. The Morgan fingerprint density at radius 1 is 1.09 bits per heavy atom. The highest BCUT2D eigenvalue weighted by Crippen LogP contribution is 2.26. The van der Waals surface area contributed by atoms with Gasteiger partial charge in [0.15, 0.2) is 0 Å².